The highest BCUT2D eigenvalue weighted by Gasteiger charge is 2.35. The molecule has 0 aromatic carbocycles. The average Bonchev–Trinajstić information content (AvgIpc) is 2.86. The average molecular weight is 470 g/mol. The Labute approximate surface area is 203 Å². The Morgan fingerprint density at radius 3 is 2.76 bits per heavy atom. The van der Waals surface area contributed by atoms with Crippen molar-refractivity contribution in [1.82, 2.24) is 14.8 Å². The summed E-state index contributed by atoms with van der Waals surface area (Å²) in [7, 11) is 1.84. The van der Waals surface area contributed by atoms with Crippen LogP contribution >= 0.6 is 0 Å². The molecule has 1 aromatic rings. The molecule has 2 aliphatic rings. The minimum Gasteiger partial charge on any atom is -0.472 e. The number of carbonyl (C=O) groups excluding carboxylic acids is 2. The largest absolute Gasteiger partial charge is 0.472 e. The lowest BCUT2D eigenvalue weighted by molar-refractivity contribution is -0.136. The van der Waals surface area contributed by atoms with Gasteiger partial charge in [-0.25, -0.2) is 4.98 Å². The zero-order chi connectivity index (χ0) is 24.7. The predicted octanol–water partition coefficient (Wildman–Crippen LogP) is 3.49. The summed E-state index contributed by atoms with van der Waals surface area (Å²) in [6, 6.07) is 1.38. The summed E-state index contributed by atoms with van der Waals surface area (Å²) in [5.74, 6) is 6.40. The summed E-state index contributed by atoms with van der Waals surface area (Å²) in [4.78, 5) is 34.4. The van der Waals surface area contributed by atoms with E-state index >= 15 is 0 Å². The summed E-state index contributed by atoms with van der Waals surface area (Å²) in [5, 5.41) is 9.81. The Balaban J connectivity index is 1.88. The fourth-order valence-electron chi connectivity index (χ4n) is 4.70. The van der Waals surface area contributed by atoms with Gasteiger partial charge in [0.05, 0.1) is 19.2 Å². The molecular weight excluding hydrogens is 430 g/mol. The molecule has 1 fully saturated rings. The zero-order valence-electron chi connectivity index (χ0n) is 21.0. The first-order valence-electron chi connectivity index (χ1n) is 12.7. The third-order valence-electron chi connectivity index (χ3n) is 6.91. The number of likely N-dealkylation sites (N-methyl/N-ethyl adjacent to an activating group) is 1. The third-order valence-corrected chi connectivity index (χ3v) is 6.91. The molecule has 1 saturated carbocycles. The van der Waals surface area contributed by atoms with Gasteiger partial charge in [0.1, 0.15) is 11.7 Å². The minimum absolute atomic E-state index is 0.0569. The molecule has 0 unspecified atom stereocenters. The number of hydrogen-bond donors (Lipinski definition) is 1. The molecule has 1 aromatic heterocycles. The molecule has 7 heteroatoms. The molecule has 7 nitrogen and oxygen atoms in total. The van der Waals surface area contributed by atoms with Gasteiger partial charge < -0.3 is 19.6 Å². The van der Waals surface area contributed by atoms with Crippen molar-refractivity contribution in [3.05, 3.63) is 23.4 Å². The Bertz CT molecular complexity index is 916. The van der Waals surface area contributed by atoms with Crippen LogP contribution < -0.4 is 4.74 Å². The molecule has 3 atom stereocenters. The Morgan fingerprint density at radius 2 is 2.09 bits per heavy atom. The molecule has 1 aliphatic heterocycles. The maximum Gasteiger partial charge on any atom is 0.259 e. The van der Waals surface area contributed by atoms with Crippen LogP contribution in [0.3, 0.4) is 0 Å². The van der Waals surface area contributed by atoms with E-state index in [1.807, 2.05) is 20.9 Å². The first-order chi connectivity index (χ1) is 16.3. The Morgan fingerprint density at radius 1 is 1.35 bits per heavy atom. The maximum absolute atomic E-state index is 13.4. The standard InChI is InChI=1S/C27H39N3O4/c1-5-6-8-11-21-14-23-25(28-15-21)34-24(19(2)16-30(27(23)33)20(3)18-31)17-29(4)26(32)22-12-9-7-10-13-22/h14-15,19-20,22,24,31H,5-7,9-10,12-13,16-18H2,1-4H3/t19-,20+,24+/m1/s1. The normalized spacial score (nSPS) is 21.9. The van der Waals surface area contributed by atoms with E-state index in [0.717, 1.165) is 38.5 Å². The molecule has 1 aliphatic carbocycles. The number of aromatic nitrogens is 1. The molecule has 3 rings (SSSR count). The quantitative estimate of drug-likeness (QED) is 0.645. The molecule has 0 saturated heterocycles. The lowest BCUT2D eigenvalue weighted by atomic mass is 9.88. The number of unbranched alkanes of at least 4 members (excludes halogenated alkanes) is 1. The lowest BCUT2D eigenvalue weighted by Crippen LogP contribution is -2.51. The predicted molar refractivity (Wildman–Crippen MR) is 131 cm³/mol. The highest BCUT2D eigenvalue weighted by molar-refractivity contribution is 5.97. The highest BCUT2D eigenvalue weighted by atomic mass is 16.5. The molecule has 1 N–H and O–H groups in total. The van der Waals surface area contributed by atoms with Gasteiger partial charge in [-0.1, -0.05) is 45.0 Å². The number of nitrogens with zero attached hydrogens (tertiary/aromatic N) is 3. The summed E-state index contributed by atoms with van der Waals surface area (Å²) >= 11 is 0. The number of hydrogen-bond acceptors (Lipinski definition) is 5. The van der Waals surface area contributed by atoms with Crippen LogP contribution in [0.5, 0.6) is 5.88 Å². The van der Waals surface area contributed by atoms with Crippen molar-refractivity contribution in [1.29, 1.82) is 0 Å². The molecule has 0 spiro atoms. The van der Waals surface area contributed by atoms with E-state index in [1.165, 1.54) is 6.42 Å². The number of ether oxygens (including phenoxy) is 1. The van der Waals surface area contributed by atoms with E-state index in [1.54, 1.807) is 22.1 Å². The van der Waals surface area contributed by atoms with E-state index in [2.05, 4.69) is 23.7 Å². The van der Waals surface area contributed by atoms with Crippen molar-refractivity contribution in [3.63, 3.8) is 0 Å². The number of fused-ring (bicyclic) bond motifs is 1. The summed E-state index contributed by atoms with van der Waals surface area (Å²) < 4.78 is 6.31. The van der Waals surface area contributed by atoms with E-state index < -0.39 is 0 Å². The van der Waals surface area contributed by atoms with Crippen LogP contribution in [0.15, 0.2) is 12.3 Å². The first-order valence-corrected chi connectivity index (χ1v) is 12.7. The lowest BCUT2D eigenvalue weighted by Gasteiger charge is -2.38. The van der Waals surface area contributed by atoms with Crippen LogP contribution in [0.1, 0.15) is 81.6 Å². The number of carbonyl (C=O) groups is 2. The molecule has 34 heavy (non-hydrogen) atoms. The number of aliphatic hydroxyl groups excluding tert-OH is 1. The topological polar surface area (TPSA) is 83.0 Å². The van der Waals surface area contributed by atoms with Crippen LogP contribution in [0, 0.1) is 23.7 Å². The summed E-state index contributed by atoms with van der Waals surface area (Å²) in [6.07, 6.45) is 8.36. The van der Waals surface area contributed by atoms with Crippen molar-refractivity contribution < 1.29 is 19.4 Å². The van der Waals surface area contributed by atoms with Gasteiger partial charge in [0.2, 0.25) is 11.8 Å². The maximum atomic E-state index is 13.4. The molecule has 2 amide bonds. The van der Waals surface area contributed by atoms with E-state index in [-0.39, 0.29) is 48.3 Å². The van der Waals surface area contributed by atoms with Crippen molar-refractivity contribution in [2.45, 2.75) is 77.9 Å². The monoisotopic (exact) mass is 469 g/mol. The number of rotatable bonds is 6. The fraction of sp³-hybridized carbons (Fsp3) is 0.667. The molecule has 2 heterocycles. The third kappa shape index (κ3) is 6.29. The van der Waals surface area contributed by atoms with Gasteiger partial charge in [0.15, 0.2) is 0 Å². The number of amides is 2. The summed E-state index contributed by atoms with van der Waals surface area (Å²) in [6.45, 7) is 6.62. The van der Waals surface area contributed by atoms with Crippen LogP contribution in [0.2, 0.25) is 0 Å². The Hall–Kier alpha value is -2.59. The molecule has 0 radical (unpaired) electrons. The van der Waals surface area contributed by atoms with Gasteiger partial charge in [0, 0.05) is 43.6 Å². The smallest absolute Gasteiger partial charge is 0.259 e. The second-order valence-electron chi connectivity index (χ2n) is 9.80. The second kappa shape index (κ2) is 12.2. The van der Waals surface area contributed by atoms with Crippen molar-refractivity contribution in [2.75, 3.05) is 26.7 Å². The molecule has 186 valence electrons. The van der Waals surface area contributed by atoms with Gasteiger partial charge >= 0.3 is 0 Å². The van der Waals surface area contributed by atoms with Crippen LogP contribution in [0.4, 0.5) is 0 Å². The van der Waals surface area contributed by atoms with Crippen LogP contribution in [0.25, 0.3) is 0 Å². The van der Waals surface area contributed by atoms with Gasteiger partial charge in [-0.2, -0.15) is 0 Å². The van der Waals surface area contributed by atoms with E-state index in [0.29, 0.717) is 24.2 Å². The number of aliphatic hydroxyl groups is 1. The van der Waals surface area contributed by atoms with Gasteiger partial charge in [-0.05, 0) is 32.3 Å². The fourth-order valence-corrected chi connectivity index (χ4v) is 4.70. The minimum atomic E-state index is -0.349. The van der Waals surface area contributed by atoms with Crippen LogP contribution in [-0.4, -0.2) is 70.6 Å². The van der Waals surface area contributed by atoms with Crippen LogP contribution in [-0.2, 0) is 4.79 Å². The molecule has 0 bridgehead atoms. The van der Waals surface area contributed by atoms with Gasteiger partial charge in [-0.3, -0.25) is 9.59 Å². The van der Waals surface area contributed by atoms with Gasteiger partial charge in [-0.15, -0.1) is 0 Å². The first kappa shape index (κ1) is 26.0. The highest BCUT2D eigenvalue weighted by Crippen LogP contribution is 2.29. The summed E-state index contributed by atoms with van der Waals surface area (Å²) in [5.41, 5.74) is 1.01. The van der Waals surface area contributed by atoms with E-state index in [9.17, 15) is 14.7 Å². The second-order valence-corrected chi connectivity index (χ2v) is 9.80. The SMILES string of the molecule is CCCC#Cc1cnc2c(c1)C(=O)N([C@@H](C)CO)C[C@@H](C)[C@H](CN(C)C(=O)C1CCCCC1)O2. The van der Waals surface area contributed by atoms with Crippen molar-refractivity contribution in [2.24, 2.45) is 11.8 Å². The van der Waals surface area contributed by atoms with Crippen molar-refractivity contribution in [3.8, 4) is 17.7 Å². The Kier molecular flexibility index (Phi) is 9.35. The zero-order valence-corrected chi connectivity index (χ0v) is 21.0. The molecular formula is C27H39N3O4. The number of pyridine rings is 1. The van der Waals surface area contributed by atoms with Crippen molar-refractivity contribution >= 4 is 11.8 Å². The van der Waals surface area contributed by atoms with Gasteiger partial charge in [0.25, 0.3) is 5.91 Å². The van der Waals surface area contributed by atoms with E-state index in [4.69, 9.17) is 4.74 Å².